The monoisotopic (exact) mass is 250 g/mol. The molecule has 1 aliphatic heterocycles. The van der Waals surface area contributed by atoms with Gasteiger partial charge in [-0.1, -0.05) is 0 Å². The first-order chi connectivity index (χ1) is 8.69. The molecular formula is C11H14N4O3. The quantitative estimate of drug-likeness (QED) is 0.798. The van der Waals surface area contributed by atoms with Gasteiger partial charge in [-0.25, -0.2) is 9.78 Å². The molecule has 0 saturated carbocycles. The minimum Gasteiger partial charge on any atom is -0.394 e. The molecule has 1 N–H and O–H groups in total. The number of rotatable bonds is 2. The molecule has 7 heteroatoms. The highest BCUT2D eigenvalue weighted by Gasteiger charge is 2.27. The number of fused-ring (bicyclic) bond motifs is 1. The Morgan fingerprint density at radius 1 is 1.56 bits per heavy atom. The Hall–Kier alpha value is -1.73. The summed E-state index contributed by atoms with van der Waals surface area (Å²) in [5.74, 6) is 0. The first-order valence-electron chi connectivity index (χ1n) is 5.85. The zero-order valence-corrected chi connectivity index (χ0v) is 9.98. The Balaban J connectivity index is 2.03. The number of aliphatic hydroxyl groups is 1. The summed E-state index contributed by atoms with van der Waals surface area (Å²) in [7, 11) is 1.64. The van der Waals surface area contributed by atoms with E-state index < -0.39 is 0 Å². The topological polar surface area (TPSA) is 82.2 Å². The second-order valence-corrected chi connectivity index (χ2v) is 4.47. The molecule has 3 heterocycles. The second kappa shape index (κ2) is 4.18. The van der Waals surface area contributed by atoms with Crippen LogP contribution in [0.15, 0.2) is 17.3 Å². The zero-order chi connectivity index (χ0) is 12.7. The zero-order valence-electron chi connectivity index (χ0n) is 9.98. The Labute approximate surface area is 103 Å². The largest absolute Gasteiger partial charge is 0.394 e. The van der Waals surface area contributed by atoms with E-state index >= 15 is 0 Å². The average molecular weight is 250 g/mol. The van der Waals surface area contributed by atoms with Crippen molar-refractivity contribution in [1.29, 1.82) is 0 Å². The van der Waals surface area contributed by atoms with E-state index in [1.807, 2.05) is 0 Å². The van der Waals surface area contributed by atoms with Crippen LogP contribution in [0.25, 0.3) is 11.2 Å². The summed E-state index contributed by atoms with van der Waals surface area (Å²) in [6.07, 6.45) is 4.52. The van der Waals surface area contributed by atoms with Crippen LogP contribution in [-0.4, -0.2) is 36.9 Å². The van der Waals surface area contributed by atoms with E-state index in [0.717, 1.165) is 12.8 Å². The van der Waals surface area contributed by atoms with Crippen molar-refractivity contribution in [2.24, 2.45) is 7.05 Å². The lowest BCUT2D eigenvalue weighted by molar-refractivity contribution is -0.0207. The normalized spacial score (nSPS) is 23.9. The molecule has 18 heavy (non-hydrogen) atoms. The standard InChI is InChI=1S/C11H14N4O3/c1-14-4-8-10(13-11(14)17)15(6-12-8)9-3-2-7(5-16)18-9/h4,6-7,9,16H,2-3,5H2,1H3/t7-,9+/m0/s1. The van der Waals surface area contributed by atoms with Crippen molar-refractivity contribution in [2.45, 2.75) is 25.2 Å². The summed E-state index contributed by atoms with van der Waals surface area (Å²) in [6.45, 7) is 0.0122. The van der Waals surface area contributed by atoms with E-state index in [0.29, 0.717) is 11.2 Å². The maximum Gasteiger partial charge on any atom is 0.349 e. The van der Waals surface area contributed by atoms with Gasteiger partial charge in [-0.05, 0) is 12.8 Å². The predicted molar refractivity (Wildman–Crippen MR) is 63.0 cm³/mol. The fraction of sp³-hybridized carbons (Fsp3) is 0.545. The van der Waals surface area contributed by atoms with E-state index in [1.54, 1.807) is 24.1 Å². The molecule has 2 aromatic heterocycles. The summed E-state index contributed by atoms with van der Waals surface area (Å²) in [5.41, 5.74) is 0.871. The van der Waals surface area contributed by atoms with Gasteiger partial charge in [0.05, 0.1) is 19.0 Å². The maximum atomic E-state index is 11.5. The van der Waals surface area contributed by atoms with E-state index in [1.165, 1.54) is 4.57 Å². The van der Waals surface area contributed by atoms with Crippen molar-refractivity contribution in [3.05, 3.63) is 23.0 Å². The third-order valence-corrected chi connectivity index (χ3v) is 3.21. The van der Waals surface area contributed by atoms with Crippen LogP contribution in [0.3, 0.4) is 0 Å². The van der Waals surface area contributed by atoms with Crippen molar-refractivity contribution in [3.8, 4) is 0 Å². The minimum absolute atomic E-state index is 0.0122. The molecule has 1 saturated heterocycles. The lowest BCUT2D eigenvalue weighted by Crippen LogP contribution is -2.20. The highest BCUT2D eigenvalue weighted by Crippen LogP contribution is 2.29. The summed E-state index contributed by atoms with van der Waals surface area (Å²) in [5, 5.41) is 9.06. The SMILES string of the molecule is Cn1cc2ncn([C@H]3CC[C@@H](CO)O3)c2nc1=O. The van der Waals surface area contributed by atoms with E-state index in [2.05, 4.69) is 9.97 Å². The number of aromatic nitrogens is 4. The predicted octanol–water partition coefficient (Wildman–Crippen LogP) is -0.200. The molecule has 1 aliphatic rings. The van der Waals surface area contributed by atoms with E-state index in [9.17, 15) is 4.79 Å². The van der Waals surface area contributed by atoms with Gasteiger partial charge in [-0.15, -0.1) is 0 Å². The lowest BCUT2D eigenvalue weighted by atomic mass is 10.2. The lowest BCUT2D eigenvalue weighted by Gasteiger charge is -2.13. The van der Waals surface area contributed by atoms with Gasteiger partial charge in [0.15, 0.2) is 5.65 Å². The molecule has 0 bridgehead atoms. The molecule has 1 fully saturated rings. The van der Waals surface area contributed by atoms with Crippen molar-refractivity contribution in [3.63, 3.8) is 0 Å². The smallest absolute Gasteiger partial charge is 0.349 e. The van der Waals surface area contributed by atoms with Gasteiger partial charge < -0.3 is 9.84 Å². The van der Waals surface area contributed by atoms with Crippen molar-refractivity contribution in [1.82, 2.24) is 19.1 Å². The summed E-state index contributed by atoms with van der Waals surface area (Å²) in [4.78, 5) is 19.8. The van der Waals surface area contributed by atoms with E-state index in [-0.39, 0.29) is 24.6 Å². The third-order valence-electron chi connectivity index (χ3n) is 3.21. The molecule has 0 spiro atoms. The molecule has 0 radical (unpaired) electrons. The molecule has 7 nitrogen and oxygen atoms in total. The molecule has 0 amide bonds. The number of ether oxygens (including phenoxy) is 1. The van der Waals surface area contributed by atoms with Crippen molar-refractivity contribution >= 4 is 11.2 Å². The van der Waals surface area contributed by atoms with Crippen LogP contribution in [0.2, 0.25) is 0 Å². The average Bonchev–Trinajstić information content (AvgIpc) is 2.96. The molecule has 3 rings (SSSR count). The summed E-state index contributed by atoms with van der Waals surface area (Å²) >= 11 is 0. The van der Waals surface area contributed by atoms with Crippen LogP contribution in [0, 0.1) is 0 Å². The molecule has 96 valence electrons. The Morgan fingerprint density at radius 3 is 3.11 bits per heavy atom. The summed E-state index contributed by atoms with van der Waals surface area (Å²) in [6, 6.07) is 0. The van der Waals surface area contributed by atoms with Gasteiger partial charge in [0.25, 0.3) is 0 Å². The van der Waals surface area contributed by atoms with Crippen LogP contribution >= 0.6 is 0 Å². The number of hydrogen-bond acceptors (Lipinski definition) is 5. The third kappa shape index (κ3) is 1.72. The van der Waals surface area contributed by atoms with Crippen LogP contribution in [0.1, 0.15) is 19.1 Å². The molecular weight excluding hydrogens is 236 g/mol. The van der Waals surface area contributed by atoms with Crippen LogP contribution in [0.5, 0.6) is 0 Å². The first-order valence-corrected chi connectivity index (χ1v) is 5.85. The Morgan fingerprint density at radius 2 is 2.39 bits per heavy atom. The number of aryl methyl sites for hydroxylation is 1. The van der Waals surface area contributed by atoms with Crippen LogP contribution in [-0.2, 0) is 11.8 Å². The molecule has 0 aromatic carbocycles. The highest BCUT2D eigenvalue weighted by atomic mass is 16.5. The molecule has 0 aliphatic carbocycles. The molecule has 0 unspecified atom stereocenters. The molecule has 2 aromatic rings. The van der Waals surface area contributed by atoms with Gasteiger partial charge in [0.1, 0.15) is 11.7 Å². The highest BCUT2D eigenvalue weighted by molar-refractivity contribution is 5.69. The first kappa shape index (κ1) is 11.4. The van der Waals surface area contributed by atoms with Crippen molar-refractivity contribution < 1.29 is 9.84 Å². The summed E-state index contributed by atoms with van der Waals surface area (Å²) < 4.78 is 8.81. The second-order valence-electron chi connectivity index (χ2n) is 4.47. The number of aliphatic hydroxyl groups excluding tert-OH is 1. The van der Waals surface area contributed by atoms with Gasteiger partial charge in [-0.2, -0.15) is 4.98 Å². The van der Waals surface area contributed by atoms with Gasteiger partial charge >= 0.3 is 5.69 Å². The van der Waals surface area contributed by atoms with Gasteiger partial charge in [0, 0.05) is 13.2 Å². The fourth-order valence-corrected chi connectivity index (χ4v) is 2.22. The fourth-order valence-electron chi connectivity index (χ4n) is 2.22. The minimum atomic E-state index is -0.319. The number of imidazole rings is 1. The Kier molecular flexibility index (Phi) is 2.64. The van der Waals surface area contributed by atoms with Crippen LogP contribution < -0.4 is 5.69 Å². The Bertz CT molecular complexity index is 633. The molecule has 2 atom stereocenters. The number of nitrogens with zero attached hydrogens (tertiary/aromatic N) is 4. The van der Waals surface area contributed by atoms with Gasteiger partial charge in [-0.3, -0.25) is 9.13 Å². The maximum absolute atomic E-state index is 11.5. The van der Waals surface area contributed by atoms with E-state index in [4.69, 9.17) is 9.84 Å². The number of hydrogen-bond donors (Lipinski definition) is 1. The van der Waals surface area contributed by atoms with Crippen molar-refractivity contribution in [2.75, 3.05) is 6.61 Å². The van der Waals surface area contributed by atoms with Gasteiger partial charge in [0.2, 0.25) is 0 Å². The van der Waals surface area contributed by atoms with Crippen LogP contribution in [0.4, 0.5) is 0 Å².